The Bertz CT molecular complexity index is 1160. The van der Waals surface area contributed by atoms with Crippen molar-refractivity contribution in [3.63, 3.8) is 0 Å². The predicted octanol–water partition coefficient (Wildman–Crippen LogP) is 2.72. The molecular formula is C22H24ClNO8. The van der Waals surface area contributed by atoms with E-state index in [1.807, 2.05) is 0 Å². The van der Waals surface area contributed by atoms with Gasteiger partial charge in [-0.1, -0.05) is 0 Å². The summed E-state index contributed by atoms with van der Waals surface area (Å²) in [7, 11) is 1.31. The van der Waals surface area contributed by atoms with Crippen molar-refractivity contribution in [1.82, 2.24) is 4.90 Å². The van der Waals surface area contributed by atoms with E-state index in [-0.39, 0.29) is 52.1 Å². The van der Waals surface area contributed by atoms with Gasteiger partial charge in [0, 0.05) is 37.3 Å². The number of morpholine rings is 1. The molecule has 0 atom stereocenters. The number of benzene rings is 2. The van der Waals surface area contributed by atoms with Gasteiger partial charge in [-0.3, -0.25) is 9.69 Å². The molecule has 0 unspecified atom stereocenters. The predicted molar refractivity (Wildman–Crippen MR) is 119 cm³/mol. The molecule has 2 heterocycles. The number of phenolic OH excluding ortho intramolecular Hbond substituents is 3. The molecule has 4 rings (SSSR count). The highest BCUT2D eigenvalue weighted by atomic mass is 35.5. The van der Waals surface area contributed by atoms with E-state index in [0.717, 1.165) is 13.1 Å². The van der Waals surface area contributed by atoms with Gasteiger partial charge in [0.05, 0.1) is 20.3 Å². The summed E-state index contributed by atoms with van der Waals surface area (Å²) < 4.78 is 22.2. The average molecular weight is 466 g/mol. The molecule has 172 valence electrons. The third-order valence-electron chi connectivity index (χ3n) is 5.13. The maximum Gasteiger partial charge on any atom is 0.239 e. The number of halogens is 1. The minimum Gasteiger partial charge on any atom is -0.507 e. The van der Waals surface area contributed by atoms with E-state index >= 15 is 0 Å². The fraction of sp³-hybridized carbons (Fsp3) is 0.318. The Hall–Kier alpha value is -3.14. The van der Waals surface area contributed by atoms with Gasteiger partial charge < -0.3 is 33.9 Å². The van der Waals surface area contributed by atoms with Crippen LogP contribution >= 0.6 is 12.4 Å². The van der Waals surface area contributed by atoms with Crippen molar-refractivity contribution in [3.05, 3.63) is 40.6 Å². The van der Waals surface area contributed by atoms with Gasteiger partial charge in [-0.25, -0.2) is 0 Å². The van der Waals surface area contributed by atoms with Gasteiger partial charge in [0.1, 0.15) is 29.1 Å². The van der Waals surface area contributed by atoms with E-state index < -0.39 is 5.43 Å². The first-order valence-corrected chi connectivity index (χ1v) is 9.81. The zero-order valence-electron chi connectivity index (χ0n) is 17.4. The van der Waals surface area contributed by atoms with Crippen molar-refractivity contribution in [3.8, 4) is 40.1 Å². The molecule has 1 fully saturated rings. The first kappa shape index (κ1) is 23.5. The summed E-state index contributed by atoms with van der Waals surface area (Å²) in [6.45, 7) is 4.16. The normalized spacial score (nSPS) is 14.2. The summed E-state index contributed by atoms with van der Waals surface area (Å²) in [5, 5.41) is 29.8. The Morgan fingerprint density at radius 3 is 2.47 bits per heavy atom. The number of aromatic hydroxyl groups is 3. The van der Waals surface area contributed by atoms with Crippen molar-refractivity contribution in [2.24, 2.45) is 0 Å². The topological polar surface area (TPSA) is 122 Å². The minimum atomic E-state index is -0.566. The van der Waals surface area contributed by atoms with Crippen molar-refractivity contribution in [2.45, 2.75) is 0 Å². The largest absolute Gasteiger partial charge is 0.507 e. The maximum absolute atomic E-state index is 12.9. The van der Waals surface area contributed by atoms with Gasteiger partial charge in [0.2, 0.25) is 11.2 Å². The van der Waals surface area contributed by atoms with E-state index in [2.05, 4.69) is 4.90 Å². The number of ether oxygens (including phenoxy) is 3. The Morgan fingerprint density at radius 1 is 1.03 bits per heavy atom. The standard InChI is InChI=1S/C22H23NO8.ClH/c1-28-22-20(27)19-17(26)11-14(30-9-6-23-4-7-29-8-5-23)12-18(19)31-21(22)13-2-3-15(24)16(25)10-13;/h2-3,10-12,24-26H,4-9H2,1H3;1H. The van der Waals surface area contributed by atoms with Crippen molar-refractivity contribution in [2.75, 3.05) is 46.6 Å². The fourth-order valence-corrected chi connectivity index (χ4v) is 3.50. The zero-order valence-corrected chi connectivity index (χ0v) is 18.2. The van der Waals surface area contributed by atoms with E-state index in [9.17, 15) is 20.1 Å². The molecule has 2 aromatic carbocycles. The summed E-state index contributed by atoms with van der Waals surface area (Å²) in [6.07, 6.45) is 0. The first-order valence-electron chi connectivity index (χ1n) is 9.81. The van der Waals surface area contributed by atoms with Crippen molar-refractivity contribution in [1.29, 1.82) is 0 Å². The van der Waals surface area contributed by atoms with Crippen molar-refractivity contribution < 1.29 is 33.9 Å². The molecule has 1 saturated heterocycles. The molecule has 1 aliphatic rings. The third-order valence-corrected chi connectivity index (χ3v) is 5.13. The Labute approximate surface area is 189 Å². The number of phenols is 3. The van der Waals surface area contributed by atoms with Gasteiger partial charge in [0.25, 0.3) is 0 Å². The van der Waals surface area contributed by atoms with Crippen LogP contribution in [0.5, 0.6) is 28.7 Å². The van der Waals surface area contributed by atoms with Crippen LogP contribution < -0.4 is 14.9 Å². The minimum absolute atomic E-state index is 0. The molecule has 0 amide bonds. The average Bonchev–Trinajstić information content (AvgIpc) is 2.76. The molecule has 3 aromatic rings. The van der Waals surface area contributed by atoms with E-state index in [1.165, 1.54) is 37.4 Å². The number of nitrogens with zero attached hydrogens (tertiary/aromatic N) is 1. The summed E-state index contributed by atoms with van der Waals surface area (Å²) >= 11 is 0. The highest BCUT2D eigenvalue weighted by molar-refractivity contribution is 5.88. The Kier molecular flexibility index (Phi) is 7.34. The summed E-state index contributed by atoms with van der Waals surface area (Å²) in [5.74, 6) is -0.684. The van der Waals surface area contributed by atoms with Crippen LogP contribution in [-0.2, 0) is 4.74 Å². The number of hydrogen-bond acceptors (Lipinski definition) is 9. The molecule has 0 bridgehead atoms. The molecular weight excluding hydrogens is 442 g/mol. The van der Waals surface area contributed by atoms with E-state index in [1.54, 1.807) is 0 Å². The van der Waals surface area contributed by atoms with Crippen LogP contribution in [0.4, 0.5) is 0 Å². The van der Waals surface area contributed by atoms with Crippen LogP contribution in [0, 0.1) is 0 Å². The van der Waals surface area contributed by atoms with E-state index in [4.69, 9.17) is 18.6 Å². The highest BCUT2D eigenvalue weighted by Gasteiger charge is 2.21. The van der Waals surface area contributed by atoms with Crippen LogP contribution in [-0.4, -0.2) is 66.8 Å². The summed E-state index contributed by atoms with van der Waals surface area (Å²) in [5.41, 5.74) is -0.136. The first-order chi connectivity index (χ1) is 15.0. The molecule has 0 saturated carbocycles. The SMILES string of the molecule is COc1c(-c2ccc(O)c(O)c2)oc2cc(OCCN3CCOCC3)cc(O)c2c1=O.Cl. The lowest BCUT2D eigenvalue weighted by Crippen LogP contribution is -2.38. The molecule has 3 N–H and O–H groups in total. The zero-order chi connectivity index (χ0) is 22.0. The third kappa shape index (κ3) is 4.69. The van der Waals surface area contributed by atoms with Crippen LogP contribution in [0.3, 0.4) is 0 Å². The molecule has 0 spiro atoms. The monoisotopic (exact) mass is 465 g/mol. The van der Waals surface area contributed by atoms with Crippen LogP contribution in [0.1, 0.15) is 0 Å². The smallest absolute Gasteiger partial charge is 0.239 e. The van der Waals surface area contributed by atoms with E-state index in [0.29, 0.717) is 37.7 Å². The van der Waals surface area contributed by atoms with Gasteiger partial charge in [-0.05, 0) is 18.2 Å². The maximum atomic E-state index is 12.9. The molecule has 9 nitrogen and oxygen atoms in total. The summed E-state index contributed by atoms with van der Waals surface area (Å²) in [6, 6.07) is 6.90. The molecule has 0 aliphatic carbocycles. The lowest BCUT2D eigenvalue weighted by atomic mass is 10.1. The molecule has 1 aliphatic heterocycles. The fourth-order valence-electron chi connectivity index (χ4n) is 3.50. The van der Waals surface area contributed by atoms with Crippen molar-refractivity contribution >= 4 is 23.4 Å². The Balaban J connectivity index is 0.00000289. The lowest BCUT2D eigenvalue weighted by Gasteiger charge is -2.26. The molecule has 0 radical (unpaired) electrons. The highest BCUT2D eigenvalue weighted by Crippen LogP contribution is 2.38. The molecule has 32 heavy (non-hydrogen) atoms. The van der Waals surface area contributed by atoms with Gasteiger partial charge >= 0.3 is 0 Å². The Morgan fingerprint density at radius 2 is 1.78 bits per heavy atom. The number of rotatable bonds is 6. The van der Waals surface area contributed by atoms with Crippen LogP contribution in [0.2, 0.25) is 0 Å². The number of fused-ring (bicyclic) bond motifs is 1. The number of hydrogen-bond donors (Lipinski definition) is 3. The molecule has 10 heteroatoms. The molecule has 1 aromatic heterocycles. The number of methoxy groups -OCH3 is 1. The van der Waals surface area contributed by atoms with Gasteiger partial charge in [-0.2, -0.15) is 0 Å². The lowest BCUT2D eigenvalue weighted by molar-refractivity contribution is 0.0322. The van der Waals surface area contributed by atoms with Crippen LogP contribution in [0.25, 0.3) is 22.3 Å². The van der Waals surface area contributed by atoms with Gasteiger partial charge in [-0.15, -0.1) is 12.4 Å². The second-order valence-electron chi connectivity index (χ2n) is 7.12. The van der Waals surface area contributed by atoms with Gasteiger partial charge in [0.15, 0.2) is 17.3 Å². The van der Waals surface area contributed by atoms with Crippen LogP contribution in [0.15, 0.2) is 39.5 Å². The second-order valence-corrected chi connectivity index (χ2v) is 7.12. The second kappa shape index (κ2) is 9.99. The quantitative estimate of drug-likeness (QED) is 0.471. The summed E-state index contributed by atoms with van der Waals surface area (Å²) in [4.78, 5) is 15.2.